The number of hydrogen-bond donors (Lipinski definition) is 2. The van der Waals surface area contributed by atoms with Gasteiger partial charge in [0.2, 0.25) is 0 Å². The predicted molar refractivity (Wildman–Crippen MR) is 145 cm³/mol. The second-order valence-corrected chi connectivity index (χ2v) is 11.7. The van der Waals surface area contributed by atoms with Crippen LogP contribution in [0.25, 0.3) is 22.0 Å². The number of methoxy groups -OCH3 is 1. The largest absolute Gasteiger partial charge is 0.383 e. The highest BCUT2D eigenvalue weighted by Gasteiger charge is 2.43. The molecule has 1 atom stereocenters. The Bertz CT molecular complexity index is 1520. The Balaban J connectivity index is 0.00000533. The van der Waals surface area contributed by atoms with Gasteiger partial charge in [0, 0.05) is 44.1 Å². The Kier molecular flexibility index (Phi) is 10.7. The van der Waals surface area contributed by atoms with E-state index in [1.807, 2.05) is 0 Å². The molecule has 0 aliphatic rings. The van der Waals surface area contributed by atoms with Crippen LogP contribution < -0.4 is 11.0 Å². The summed E-state index contributed by atoms with van der Waals surface area (Å²) < 4.78 is 58.3. The van der Waals surface area contributed by atoms with Crippen molar-refractivity contribution in [3.05, 3.63) is 64.2 Å². The number of fused-ring (bicyclic) bond motifs is 1. The first-order valence-corrected chi connectivity index (χ1v) is 13.5. The first-order chi connectivity index (χ1) is 17.8. The summed E-state index contributed by atoms with van der Waals surface area (Å²) >= 11 is 0. The van der Waals surface area contributed by atoms with E-state index in [9.17, 15) is 26.8 Å². The van der Waals surface area contributed by atoms with Crippen molar-refractivity contribution in [3.8, 4) is 11.1 Å². The number of rotatable bonds is 11. The minimum absolute atomic E-state index is 0. The van der Waals surface area contributed by atoms with Gasteiger partial charge in [-0.05, 0) is 38.1 Å². The third kappa shape index (κ3) is 6.79. The average Bonchev–Trinajstić information content (AvgIpc) is 2.88. The maximum atomic E-state index is 15.0. The molecule has 214 valence electrons. The van der Waals surface area contributed by atoms with E-state index >= 15 is 0 Å². The number of amides is 1. The second-order valence-electron chi connectivity index (χ2n) is 9.30. The number of aromatic nitrogens is 2. The number of halogens is 3. The molecule has 3 rings (SSSR count). The summed E-state index contributed by atoms with van der Waals surface area (Å²) in [6.07, 6.45) is 1.74. The number of nitrogens with one attached hydrogen (secondary N) is 1. The molecular weight excluding hydrogens is 558 g/mol. The van der Waals surface area contributed by atoms with Crippen LogP contribution in [0.4, 0.5) is 8.78 Å². The third-order valence-corrected chi connectivity index (χ3v) is 8.67. The molecule has 1 amide bonds. The Morgan fingerprint density at radius 3 is 2.54 bits per heavy atom. The number of nitrogens with zero attached hydrogens (tertiary/aromatic N) is 3. The number of aryl methyl sites for hydroxylation is 1. The van der Waals surface area contributed by atoms with Crippen molar-refractivity contribution >= 4 is 39.1 Å². The summed E-state index contributed by atoms with van der Waals surface area (Å²) in [6.45, 7) is 2.18. The van der Waals surface area contributed by atoms with Crippen LogP contribution in [0.5, 0.6) is 0 Å². The Morgan fingerprint density at radius 1 is 1.23 bits per heavy atom. The lowest BCUT2D eigenvalue weighted by molar-refractivity contribution is -0.131. The minimum atomic E-state index is -3.94. The minimum Gasteiger partial charge on any atom is -0.383 e. The van der Waals surface area contributed by atoms with Crippen molar-refractivity contribution in [2.75, 3.05) is 33.6 Å². The molecule has 2 N–H and O–H groups in total. The Morgan fingerprint density at radius 2 is 1.92 bits per heavy atom. The number of hydrogen-bond acceptors (Lipinski definition) is 8. The first-order valence-electron chi connectivity index (χ1n) is 11.6. The summed E-state index contributed by atoms with van der Waals surface area (Å²) in [7, 11) is -0.609. The fraction of sp³-hybridized carbons (Fsp3) is 0.400. The molecule has 1 aromatic heterocycles. The van der Waals surface area contributed by atoms with Gasteiger partial charge in [0.15, 0.2) is 26.2 Å². The van der Waals surface area contributed by atoms with Gasteiger partial charge in [-0.2, -0.15) is 0 Å². The normalized spacial score (nSPS) is 13.2. The SMILES string of the molecule is COCCN(C)Cc1ccc(-c2ccc3c(=O)n(CC[C@](C)(C(=O)NO)S(C)(=O)=O)cnc3c2)c(F)c1F.Cl. The topological polar surface area (TPSA) is 131 Å². The summed E-state index contributed by atoms with van der Waals surface area (Å²) in [5, 5.41) is 9.13. The lowest BCUT2D eigenvalue weighted by Gasteiger charge is -2.25. The molecule has 0 saturated heterocycles. The standard InChI is InChI=1S/C25H30F2N4O6S.ClH/c1-25(24(33)29-34,38(4,35)36)9-10-31-15-28-20-13-16(5-8-19(20)23(31)32)18-7-6-17(21(26)22(18)27)14-30(2)11-12-37-3;/h5-8,13,15,34H,9-12,14H2,1-4H3,(H,29,33);1H/t25-;/m1./s1. The maximum absolute atomic E-state index is 15.0. The number of sulfone groups is 1. The van der Waals surface area contributed by atoms with E-state index in [4.69, 9.17) is 9.94 Å². The zero-order valence-corrected chi connectivity index (χ0v) is 23.5. The molecule has 3 aromatic rings. The van der Waals surface area contributed by atoms with Crippen LogP contribution in [-0.2, 0) is 32.5 Å². The molecule has 0 fully saturated rings. The van der Waals surface area contributed by atoms with E-state index in [1.165, 1.54) is 42.1 Å². The highest BCUT2D eigenvalue weighted by atomic mass is 35.5. The number of carbonyl (C=O) groups excluding carboxylic acids is 1. The zero-order chi connectivity index (χ0) is 28.3. The van der Waals surface area contributed by atoms with E-state index < -0.39 is 37.7 Å². The van der Waals surface area contributed by atoms with Gasteiger partial charge in [-0.1, -0.05) is 18.2 Å². The average molecular weight is 589 g/mol. The molecule has 0 spiro atoms. The Labute approximate surface area is 230 Å². The molecule has 0 saturated carbocycles. The van der Waals surface area contributed by atoms with Gasteiger partial charge in [0.25, 0.3) is 11.5 Å². The zero-order valence-electron chi connectivity index (χ0n) is 21.9. The van der Waals surface area contributed by atoms with Crippen LogP contribution in [0.3, 0.4) is 0 Å². The fourth-order valence-corrected chi connectivity index (χ4v) is 4.80. The number of benzene rings is 2. The molecule has 0 radical (unpaired) electrons. The number of hydroxylamine groups is 1. The van der Waals surface area contributed by atoms with Crippen LogP contribution in [0.1, 0.15) is 18.9 Å². The smallest absolute Gasteiger partial charge is 0.264 e. The highest BCUT2D eigenvalue weighted by Crippen LogP contribution is 2.29. The van der Waals surface area contributed by atoms with E-state index in [0.29, 0.717) is 18.7 Å². The summed E-state index contributed by atoms with van der Waals surface area (Å²) in [5.74, 6) is -3.10. The van der Waals surface area contributed by atoms with Gasteiger partial charge >= 0.3 is 0 Å². The van der Waals surface area contributed by atoms with Crippen molar-refractivity contribution in [1.82, 2.24) is 19.9 Å². The Hall–Kier alpha value is -2.97. The van der Waals surface area contributed by atoms with Crippen molar-refractivity contribution in [1.29, 1.82) is 0 Å². The van der Waals surface area contributed by atoms with E-state index in [2.05, 4.69) is 4.98 Å². The molecule has 0 aliphatic carbocycles. The number of ether oxygens (including phenoxy) is 1. The van der Waals surface area contributed by atoms with Crippen LogP contribution in [0.15, 0.2) is 41.5 Å². The molecule has 0 aliphatic heterocycles. The van der Waals surface area contributed by atoms with Crippen molar-refractivity contribution < 1.29 is 31.9 Å². The van der Waals surface area contributed by atoms with Gasteiger partial charge in [0.1, 0.15) is 0 Å². The lowest BCUT2D eigenvalue weighted by atomic mass is 10.0. The molecule has 14 heteroatoms. The predicted octanol–water partition coefficient (Wildman–Crippen LogP) is 2.54. The molecule has 1 heterocycles. The maximum Gasteiger partial charge on any atom is 0.264 e. The van der Waals surface area contributed by atoms with Gasteiger partial charge in [-0.3, -0.25) is 24.3 Å². The van der Waals surface area contributed by atoms with Crippen LogP contribution in [-0.4, -0.2) is 72.3 Å². The third-order valence-electron chi connectivity index (χ3n) is 6.65. The van der Waals surface area contributed by atoms with Crippen LogP contribution >= 0.6 is 12.4 Å². The monoisotopic (exact) mass is 588 g/mol. The van der Waals surface area contributed by atoms with Crippen molar-refractivity contribution in [2.24, 2.45) is 0 Å². The fourth-order valence-electron chi connectivity index (χ4n) is 3.96. The van der Waals surface area contributed by atoms with Gasteiger partial charge in [0.05, 0.1) is 23.8 Å². The molecule has 39 heavy (non-hydrogen) atoms. The van der Waals surface area contributed by atoms with Gasteiger partial charge in [-0.25, -0.2) is 27.7 Å². The van der Waals surface area contributed by atoms with E-state index in [-0.39, 0.29) is 53.9 Å². The number of likely N-dealkylation sites (N-methyl/N-ethyl adjacent to an activating group) is 1. The van der Waals surface area contributed by atoms with Crippen molar-refractivity contribution in [3.63, 3.8) is 0 Å². The van der Waals surface area contributed by atoms with Crippen LogP contribution in [0.2, 0.25) is 0 Å². The molecule has 0 unspecified atom stereocenters. The lowest BCUT2D eigenvalue weighted by Crippen LogP contribution is -2.50. The molecule has 2 aromatic carbocycles. The van der Waals surface area contributed by atoms with Gasteiger partial charge in [-0.15, -0.1) is 12.4 Å². The second kappa shape index (κ2) is 12.9. The van der Waals surface area contributed by atoms with Crippen molar-refractivity contribution in [2.45, 2.75) is 31.2 Å². The highest BCUT2D eigenvalue weighted by molar-refractivity contribution is 7.92. The molecule has 0 bridgehead atoms. The quantitative estimate of drug-likeness (QED) is 0.258. The summed E-state index contributed by atoms with van der Waals surface area (Å²) in [6, 6.07) is 7.34. The first kappa shape index (κ1) is 32.2. The summed E-state index contributed by atoms with van der Waals surface area (Å²) in [5.41, 5.74) is 1.60. The number of carbonyl (C=O) groups is 1. The molecular formula is C25H31ClF2N4O6S. The summed E-state index contributed by atoms with van der Waals surface area (Å²) in [4.78, 5) is 31.1. The van der Waals surface area contributed by atoms with E-state index in [1.54, 1.807) is 19.1 Å². The van der Waals surface area contributed by atoms with E-state index in [0.717, 1.165) is 17.7 Å². The molecule has 10 nitrogen and oxygen atoms in total. The van der Waals surface area contributed by atoms with Gasteiger partial charge < -0.3 is 4.74 Å². The van der Waals surface area contributed by atoms with Crippen LogP contribution in [0, 0.1) is 11.6 Å².